The molecule has 2 nitrogen and oxygen atoms in total. The molecule has 0 N–H and O–H groups in total. The Kier molecular flexibility index (Phi) is 2.76. The van der Waals surface area contributed by atoms with Crippen LogP contribution in [0.15, 0.2) is 0 Å². The molecule has 0 fully saturated rings. The van der Waals surface area contributed by atoms with Crippen LogP contribution in [-0.4, -0.2) is 9.97 Å². The van der Waals surface area contributed by atoms with Crippen molar-refractivity contribution in [3.8, 4) is 0 Å². The molecule has 0 bridgehead atoms. The van der Waals surface area contributed by atoms with Gasteiger partial charge in [-0.2, -0.15) is 0 Å². The molecule has 0 amide bonds. The molecule has 0 spiro atoms. The summed E-state index contributed by atoms with van der Waals surface area (Å²) in [5.41, 5.74) is 4.72. The summed E-state index contributed by atoms with van der Waals surface area (Å²) >= 11 is 0. The van der Waals surface area contributed by atoms with E-state index >= 15 is 0 Å². The lowest BCUT2D eigenvalue weighted by Gasteiger charge is -2.27. The van der Waals surface area contributed by atoms with Crippen LogP contribution in [0, 0.1) is 19.8 Å². The number of nitrogens with zero attached hydrogens (tertiary/aromatic N) is 2. The number of hydrogen-bond donors (Lipinski definition) is 0. The highest BCUT2D eigenvalue weighted by molar-refractivity contribution is 5.24. The van der Waals surface area contributed by atoms with E-state index in [1.165, 1.54) is 24.2 Å². The van der Waals surface area contributed by atoms with Gasteiger partial charge in [0, 0.05) is 5.92 Å². The number of fused-ring (bicyclic) bond motifs is 1. The Morgan fingerprint density at radius 1 is 1.13 bits per heavy atom. The second kappa shape index (κ2) is 3.92. The fraction of sp³-hybridized carbons (Fsp3) is 0.692. The first-order valence-electron chi connectivity index (χ1n) is 5.93. The van der Waals surface area contributed by atoms with E-state index in [1.54, 1.807) is 0 Å². The summed E-state index contributed by atoms with van der Waals surface area (Å²) in [6.07, 6.45) is 3.67. The Balaban J connectivity index is 2.47. The van der Waals surface area contributed by atoms with Gasteiger partial charge in [-0.25, -0.2) is 0 Å². The van der Waals surface area contributed by atoms with Crippen molar-refractivity contribution in [2.45, 2.75) is 52.9 Å². The highest BCUT2D eigenvalue weighted by atomic mass is 14.9. The molecule has 0 radical (unpaired) electrons. The van der Waals surface area contributed by atoms with Gasteiger partial charge in [0.15, 0.2) is 0 Å². The largest absolute Gasteiger partial charge is 0.254 e. The minimum atomic E-state index is 0.626. The fourth-order valence-electron chi connectivity index (χ4n) is 2.42. The maximum Gasteiger partial charge on any atom is 0.0655 e. The minimum absolute atomic E-state index is 0.626. The van der Waals surface area contributed by atoms with E-state index < -0.39 is 0 Å². The summed E-state index contributed by atoms with van der Waals surface area (Å²) in [4.78, 5) is 9.44. The van der Waals surface area contributed by atoms with Crippen LogP contribution in [0.2, 0.25) is 0 Å². The predicted molar refractivity (Wildman–Crippen MR) is 62.0 cm³/mol. The maximum atomic E-state index is 4.75. The molecule has 0 saturated carbocycles. The lowest BCUT2D eigenvalue weighted by atomic mass is 9.82. The van der Waals surface area contributed by atoms with Gasteiger partial charge >= 0.3 is 0 Å². The zero-order chi connectivity index (χ0) is 11.0. The lowest BCUT2D eigenvalue weighted by Crippen LogP contribution is -2.19. The van der Waals surface area contributed by atoms with Crippen molar-refractivity contribution in [1.82, 2.24) is 9.97 Å². The first-order chi connectivity index (χ1) is 7.09. The SMILES string of the molecule is Cc1nc2c(nc1C)C(C(C)C)CCC2. The predicted octanol–water partition coefficient (Wildman–Crippen LogP) is 3.17. The van der Waals surface area contributed by atoms with Crippen LogP contribution in [0.25, 0.3) is 0 Å². The van der Waals surface area contributed by atoms with Crippen molar-refractivity contribution < 1.29 is 0 Å². The van der Waals surface area contributed by atoms with Crippen LogP contribution in [0.1, 0.15) is 55.4 Å². The molecule has 0 aliphatic heterocycles. The Morgan fingerprint density at radius 3 is 2.47 bits per heavy atom. The third-order valence-electron chi connectivity index (χ3n) is 3.49. The van der Waals surface area contributed by atoms with Gasteiger partial charge in [0.2, 0.25) is 0 Å². The van der Waals surface area contributed by atoms with Crippen molar-refractivity contribution >= 4 is 0 Å². The highest BCUT2D eigenvalue weighted by Crippen LogP contribution is 2.34. The monoisotopic (exact) mass is 204 g/mol. The second-order valence-electron chi connectivity index (χ2n) is 4.97. The zero-order valence-corrected chi connectivity index (χ0v) is 10.2. The van der Waals surface area contributed by atoms with Gasteiger partial charge in [-0.3, -0.25) is 9.97 Å². The van der Waals surface area contributed by atoms with Gasteiger partial charge in [-0.1, -0.05) is 13.8 Å². The van der Waals surface area contributed by atoms with E-state index in [0.29, 0.717) is 11.8 Å². The summed E-state index contributed by atoms with van der Waals surface area (Å²) in [6, 6.07) is 0. The fourth-order valence-corrected chi connectivity index (χ4v) is 2.42. The molecule has 1 heterocycles. The summed E-state index contributed by atoms with van der Waals surface area (Å²) < 4.78 is 0. The van der Waals surface area contributed by atoms with Gasteiger partial charge in [-0.15, -0.1) is 0 Å². The van der Waals surface area contributed by atoms with Crippen LogP contribution in [0.3, 0.4) is 0 Å². The van der Waals surface area contributed by atoms with Crippen molar-refractivity contribution in [2.24, 2.45) is 5.92 Å². The molecule has 15 heavy (non-hydrogen) atoms. The molecule has 1 aliphatic carbocycles. The van der Waals surface area contributed by atoms with Crippen LogP contribution >= 0.6 is 0 Å². The molecule has 1 aromatic heterocycles. The Morgan fingerprint density at radius 2 is 1.80 bits per heavy atom. The smallest absolute Gasteiger partial charge is 0.0655 e. The Labute approximate surface area is 92.1 Å². The Bertz CT molecular complexity index is 369. The third kappa shape index (κ3) is 1.90. The van der Waals surface area contributed by atoms with Crippen LogP contribution in [-0.2, 0) is 6.42 Å². The van der Waals surface area contributed by atoms with E-state index in [-0.39, 0.29) is 0 Å². The van der Waals surface area contributed by atoms with Crippen molar-refractivity contribution in [1.29, 1.82) is 0 Å². The topological polar surface area (TPSA) is 25.8 Å². The molecule has 0 aromatic carbocycles. The van der Waals surface area contributed by atoms with E-state index in [9.17, 15) is 0 Å². The maximum absolute atomic E-state index is 4.75. The molecule has 1 atom stereocenters. The van der Waals surface area contributed by atoms with E-state index in [1.807, 2.05) is 0 Å². The van der Waals surface area contributed by atoms with E-state index in [0.717, 1.165) is 17.8 Å². The molecule has 1 aromatic rings. The van der Waals surface area contributed by atoms with Gasteiger partial charge < -0.3 is 0 Å². The molecule has 1 unspecified atom stereocenters. The van der Waals surface area contributed by atoms with Gasteiger partial charge in [0.1, 0.15) is 0 Å². The normalized spacial score (nSPS) is 20.5. The average Bonchev–Trinajstić information content (AvgIpc) is 2.18. The minimum Gasteiger partial charge on any atom is -0.254 e. The van der Waals surface area contributed by atoms with Gasteiger partial charge in [0.25, 0.3) is 0 Å². The summed E-state index contributed by atoms with van der Waals surface area (Å²) in [5, 5.41) is 0. The molecule has 2 rings (SSSR count). The highest BCUT2D eigenvalue weighted by Gasteiger charge is 2.25. The summed E-state index contributed by atoms with van der Waals surface area (Å²) in [6.45, 7) is 8.70. The zero-order valence-electron chi connectivity index (χ0n) is 10.2. The average molecular weight is 204 g/mol. The summed E-state index contributed by atoms with van der Waals surface area (Å²) in [5.74, 6) is 1.31. The molecule has 1 aliphatic rings. The molecule has 2 heteroatoms. The van der Waals surface area contributed by atoms with Crippen molar-refractivity contribution in [3.05, 3.63) is 22.8 Å². The van der Waals surface area contributed by atoms with Crippen LogP contribution in [0.5, 0.6) is 0 Å². The van der Waals surface area contributed by atoms with Crippen LogP contribution < -0.4 is 0 Å². The van der Waals surface area contributed by atoms with Crippen molar-refractivity contribution in [3.63, 3.8) is 0 Å². The second-order valence-corrected chi connectivity index (χ2v) is 4.97. The number of rotatable bonds is 1. The van der Waals surface area contributed by atoms with Gasteiger partial charge in [0.05, 0.1) is 22.8 Å². The third-order valence-corrected chi connectivity index (χ3v) is 3.49. The first kappa shape index (κ1) is 10.6. The lowest BCUT2D eigenvalue weighted by molar-refractivity contribution is 0.417. The molecular formula is C13H20N2. The standard InChI is InChI=1S/C13H20N2/c1-8(2)11-6-5-7-12-13(11)15-10(4)9(3)14-12/h8,11H,5-7H2,1-4H3. The molecule has 82 valence electrons. The number of aromatic nitrogens is 2. The Hall–Kier alpha value is -0.920. The molecular weight excluding hydrogens is 184 g/mol. The number of aryl methyl sites for hydroxylation is 3. The van der Waals surface area contributed by atoms with E-state index in [4.69, 9.17) is 4.98 Å². The summed E-state index contributed by atoms with van der Waals surface area (Å²) in [7, 11) is 0. The molecule has 0 saturated heterocycles. The quantitative estimate of drug-likeness (QED) is 0.702. The van der Waals surface area contributed by atoms with E-state index in [2.05, 4.69) is 32.7 Å². The number of hydrogen-bond acceptors (Lipinski definition) is 2. The first-order valence-corrected chi connectivity index (χ1v) is 5.93. The van der Waals surface area contributed by atoms with Crippen molar-refractivity contribution in [2.75, 3.05) is 0 Å². The van der Waals surface area contributed by atoms with Crippen LogP contribution in [0.4, 0.5) is 0 Å². The van der Waals surface area contributed by atoms with Gasteiger partial charge in [-0.05, 0) is 39.0 Å².